The molecule has 3 N–H and O–H groups in total. The maximum absolute atomic E-state index is 12.1. The van der Waals surface area contributed by atoms with Gasteiger partial charge in [0.15, 0.2) is 0 Å². The van der Waals surface area contributed by atoms with Crippen molar-refractivity contribution in [3.8, 4) is 0 Å². The van der Waals surface area contributed by atoms with E-state index in [0.717, 1.165) is 25.7 Å². The Bertz CT molecular complexity index is 385. The van der Waals surface area contributed by atoms with E-state index in [9.17, 15) is 14.7 Å². The number of carboxylic acid groups (broad SMARTS) is 1. The maximum Gasteiger partial charge on any atom is 0.317 e. The zero-order chi connectivity index (χ0) is 15.5. The van der Waals surface area contributed by atoms with Gasteiger partial charge in [-0.15, -0.1) is 0 Å². The quantitative estimate of drug-likeness (QED) is 0.735. The maximum atomic E-state index is 12.1. The summed E-state index contributed by atoms with van der Waals surface area (Å²) in [5.74, 6) is -1.00. The highest BCUT2D eigenvalue weighted by Crippen LogP contribution is 2.30. The average molecular weight is 298 g/mol. The van der Waals surface area contributed by atoms with E-state index in [1.54, 1.807) is 11.9 Å². The van der Waals surface area contributed by atoms with Crippen LogP contribution in [0.15, 0.2) is 0 Å². The Labute approximate surface area is 125 Å². The minimum Gasteiger partial charge on any atom is -0.481 e. The summed E-state index contributed by atoms with van der Waals surface area (Å²) in [6.07, 6.45) is 6.21. The molecule has 2 aliphatic carbocycles. The van der Waals surface area contributed by atoms with Crippen LogP contribution in [-0.2, 0) is 4.79 Å². The summed E-state index contributed by atoms with van der Waals surface area (Å²) in [5.41, 5.74) is -0.729. The number of urea groups is 1. The smallest absolute Gasteiger partial charge is 0.317 e. The Kier molecular flexibility index (Phi) is 5.08. The summed E-state index contributed by atoms with van der Waals surface area (Å²) in [4.78, 5) is 24.6. The van der Waals surface area contributed by atoms with Crippen LogP contribution in [-0.4, -0.2) is 52.3 Å². The number of aliphatic hydroxyl groups is 1. The number of amides is 2. The van der Waals surface area contributed by atoms with Crippen molar-refractivity contribution in [1.29, 1.82) is 0 Å². The average Bonchev–Trinajstić information content (AvgIpc) is 2.85. The minimum atomic E-state index is -0.736. The zero-order valence-corrected chi connectivity index (χ0v) is 12.7. The summed E-state index contributed by atoms with van der Waals surface area (Å²) < 4.78 is 0. The van der Waals surface area contributed by atoms with Gasteiger partial charge in [0.25, 0.3) is 0 Å². The number of nitrogens with one attached hydrogen (secondary N) is 1. The molecular formula is C15H26N2O4. The normalized spacial score (nSPS) is 28.1. The van der Waals surface area contributed by atoms with Gasteiger partial charge in [0.2, 0.25) is 0 Å². The van der Waals surface area contributed by atoms with E-state index in [2.05, 4.69) is 5.32 Å². The van der Waals surface area contributed by atoms with Crippen LogP contribution in [0, 0.1) is 5.92 Å². The molecule has 0 atom stereocenters. The first-order valence-electron chi connectivity index (χ1n) is 7.86. The molecule has 0 aromatic rings. The minimum absolute atomic E-state index is 0.0498. The molecule has 0 aliphatic heterocycles. The van der Waals surface area contributed by atoms with Crippen molar-refractivity contribution in [1.82, 2.24) is 10.2 Å². The summed E-state index contributed by atoms with van der Waals surface area (Å²) in [6, 6.07) is -0.122. The second-order valence-corrected chi connectivity index (χ2v) is 6.62. The summed E-state index contributed by atoms with van der Waals surface area (Å²) in [7, 11) is 1.70. The van der Waals surface area contributed by atoms with Gasteiger partial charge in [-0.05, 0) is 38.5 Å². The number of carbonyl (C=O) groups is 2. The van der Waals surface area contributed by atoms with Crippen molar-refractivity contribution in [2.24, 2.45) is 5.92 Å². The molecule has 0 bridgehead atoms. The SMILES string of the molecule is CN(CC1(O)CCCC1)C(=O)NC1CCC(C(=O)O)CC1. The molecule has 120 valence electrons. The number of nitrogens with zero attached hydrogens (tertiary/aromatic N) is 1. The van der Waals surface area contributed by atoms with E-state index in [1.807, 2.05) is 0 Å². The molecule has 2 aliphatic rings. The number of carboxylic acids is 1. The highest BCUT2D eigenvalue weighted by Gasteiger charge is 2.34. The standard InChI is InChI=1S/C15H26N2O4/c1-17(10-15(21)8-2-3-9-15)14(20)16-12-6-4-11(5-7-12)13(18)19/h11-12,21H,2-10H2,1H3,(H,16,20)(H,18,19). The Morgan fingerprint density at radius 2 is 1.76 bits per heavy atom. The van der Waals surface area contributed by atoms with Gasteiger partial charge < -0.3 is 20.4 Å². The highest BCUT2D eigenvalue weighted by atomic mass is 16.4. The van der Waals surface area contributed by atoms with Crippen molar-refractivity contribution >= 4 is 12.0 Å². The van der Waals surface area contributed by atoms with Gasteiger partial charge in [-0.3, -0.25) is 4.79 Å². The van der Waals surface area contributed by atoms with E-state index in [-0.39, 0.29) is 18.0 Å². The monoisotopic (exact) mass is 298 g/mol. The molecule has 21 heavy (non-hydrogen) atoms. The fourth-order valence-corrected chi connectivity index (χ4v) is 3.47. The number of rotatable bonds is 4. The predicted octanol–water partition coefficient (Wildman–Crippen LogP) is 1.58. The molecule has 0 aromatic carbocycles. The molecule has 0 radical (unpaired) electrons. The molecule has 2 saturated carbocycles. The molecule has 0 unspecified atom stereocenters. The number of hydrogen-bond acceptors (Lipinski definition) is 3. The largest absolute Gasteiger partial charge is 0.481 e. The van der Waals surface area contributed by atoms with Crippen molar-refractivity contribution in [2.75, 3.05) is 13.6 Å². The Morgan fingerprint density at radius 3 is 2.29 bits per heavy atom. The van der Waals surface area contributed by atoms with Gasteiger partial charge in [0, 0.05) is 13.1 Å². The number of likely N-dealkylation sites (N-methyl/N-ethyl adjacent to an activating group) is 1. The van der Waals surface area contributed by atoms with Crippen molar-refractivity contribution in [3.05, 3.63) is 0 Å². The molecule has 6 nitrogen and oxygen atoms in total. The van der Waals surface area contributed by atoms with Crippen molar-refractivity contribution < 1.29 is 19.8 Å². The van der Waals surface area contributed by atoms with Gasteiger partial charge >= 0.3 is 12.0 Å². The highest BCUT2D eigenvalue weighted by molar-refractivity contribution is 5.74. The first-order chi connectivity index (χ1) is 9.89. The van der Waals surface area contributed by atoms with Gasteiger partial charge in [0.1, 0.15) is 0 Å². The molecular weight excluding hydrogens is 272 g/mol. The fraction of sp³-hybridized carbons (Fsp3) is 0.867. The van der Waals surface area contributed by atoms with Crippen LogP contribution in [0.3, 0.4) is 0 Å². The Balaban J connectivity index is 1.75. The molecule has 6 heteroatoms. The van der Waals surface area contributed by atoms with E-state index >= 15 is 0 Å². The van der Waals surface area contributed by atoms with E-state index in [1.165, 1.54) is 0 Å². The van der Waals surface area contributed by atoms with Crippen LogP contribution in [0.5, 0.6) is 0 Å². The van der Waals surface area contributed by atoms with Crippen LogP contribution >= 0.6 is 0 Å². The third-order valence-corrected chi connectivity index (χ3v) is 4.82. The van der Waals surface area contributed by atoms with Crippen molar-refractivity contribution in [2.45, 2.75) is 63.0 Å². The number of aliphatic carboxylic acids is 1. The van der Waals surface area contributed by atoms with Gasteiger partial charge in [0.05, 0.1) is 18.1 Å². The summed E-state index contributed by atoms with van der Waals surface area (Å²) in [6.45, 7) is 0.364. The van der Waals surface area contributed by atoms with Crippen LogP contribution in [0.1, 0.15) is 51.4 Å². The van der Waals surface area contributed by atoms with E-state index in [0.29, 0.717) is 32.2 Å². The first-order valence-corrected chi connectivity index (χ1v) is 7.86. The summed E-state index contributed by atoms with van der Waals surface area (Å²) in [5, 5.41) is 22.2. The van der Waals surface area contributed by atoms with Gasteiger partial charge in [-0.25, -0.2) is 4.79 Å². The molecule has 0 heterocycles. The van der Waals surface area contributed by atoms with E-state index in [4.69, 9.17) is 5.11 Å². The van der Waals surface area contributed by atoms with Gasteiger partial charge in [-0.2, -0.15) is 0 Å². The van der Waals surface area contributed by atoms with E-state index < -0.39 is 11.6 Å². The number of carbonyl (C=O) groups excluding carboxylic acids is 1. The molecule has 0 saturated heterocycles. The lowest BCUT2D eigenvalue weighted by Crippen LogP contribution is -2.49. The predicted molar refractivity (Wildman–Crippen MR) is 78.0 cm³/mol. The topological polar surface area (TPSA) is 89.9 Å². The third kappa shape index (κ3) is 4.33. The fourth-order valence-electron chi connectivity index (χ4n) is 3.47. The second kappa shape index (κ2) is 6.64. The van der Waals surface area contributed by atoms with Crippen LogP contribution in [0.2, 0.25) is 0 Å². The number of hydrogen-bond donors (Lipinski definition) is 3. The first kappa shape index (κ1) is 16.1. The molecule has 2 amide bonds. The lowest BCUT2D eigenvalue weighted by atomic mass is 9.86. The Morgan fingerprint density at radius 1 is 1.19 bits per heavy atom. The zero-order valence-electron chi connectivity index (χ0n) is 12.7. The molecule has 2 fully saturated rings. The Hall–Kier alpha value is -1.30. The van der Waals surface area contributed by atoms with Crippen LogP contribution in [0.4, 0.5) is 4.79 Å². The molecule has 0 aromatic heterocycles. The second-order valence-electron chi connectivity index (χ2n) is 6.62. The third-order valence-electron chi connectivity index (χ3n) is 4.82. The van der Waals surface area contributed by atoms with Crippen molar-refractivity contribution in [3.63, 3.8) is 0 Å². The lowest BCUT2D eigenvalue weighted by Gasteiger charge is -2.32. The molecule has 0 spiro atoms. The lowest BCUT2D eigenvalue weighted by molar-refractivity contribution is -0.142. The van der Waals surface area contributed by atoms with Gasteiger partial charge in [-0.1, -0.05) is 12.8 Å². The molecule has 2 rings (SSSR count). The summed E-state index contributed by atoms with van der Waals surface area (Å²) >= 11 is 0. The van der Waals surface area contributed by atoms with Crippen LogP contribution < -0.4 is 5.32 Å². The van der Waals surface area contributed by atoms with Crippen LogP contribution in [0.25, 0.3) is 0 Å².